The minimum Gasteiger partial charge on any atom is -0.339 e. The van der Waals surface area contributed by atoms with E-state index in [-0.39, 0.29) is 23.7 Å². The van der Waals surface area contributed by atoms with Crippen molar-refractivity contribution in [1.29, 1.82) is 0 Å². The number of aromatic nitrogens is 2. The van der Waals surface area contributed by atoms with Gasteiger partial charge in [-0.05, 0) is 44.6 Å². The van der Waals surface area contributed by atoms with Crippen LogP contribution in [0.25, 0.3) is 0 Å². The molecule has 2 aliphatic rings. The molecule has 4 rings (SSSR count). The van der Waals surface area contributed by atoms with Gasteiger partial charge >= 0.3 is 0 Å². The predicted octanol–water partition coefficient (Wildman–Crippen LogP) is 3.31. The molecule has 1 aromatic carbocycles. The number of hydrogen-bond acceptors (Lipinski definition) is 3. The fraction of sp³-hybridized carbons (Fsp3) is 0.500. The number of likely N-dealkylation sites (tertiary alicyclic amines) is 1. The van der Waals surface area contributed by atoms with E-state index in [0.29, 0.717) is 30.1 Å². The van der Waals surface area contributed by atoms with Crippen molar-refractivity contribution in [2.24, 2.45) is 7.05 Å². The zero-order valence-corrected chi connectivity index (χ0v) is 16.9. The minimum atomic E-state index is -0.602. The highest BCUT2D eigenvalue weighted by molar-refractivity contribution is 5.97. The molecule has 2 fully saturated rings. The van der Waals surface area contributed by atoms with Gasteiger partial charge in [-0.15, -0.1) is 0 Å². The van der Waals surface area contributed by atoms with Gasteiger partial charge in [0.2, 0.25) is 5.91 Å². The molecule has 1 saturated heterocycles. The number of rotatable bonds is 5. The van der Waals surface area contributed by atoms with Gasteiger partial charge < -0.3 is 10.2 Å². The Morgan fingerprint density at radius 2 is 2.00 bits per heavy atom. The molecule has 2 heterocycles. The van der Waals surface area contributed by atoms with E-state index in [0.717, 1.165) is 24.8 Å². The van der Waals surface area contributed by atoms with Crippen LogP contribution in [0.15, 0.2) is 30.5 Å². The molecule has 1 saturated carbocycles. The zero-order valence-electron chi connectivity index (χ0n) is 16.9. The van der Waals surface area contributed by atoms with Gasteiger partial charge in [0.05, 0.1) is 12.2 Å². The van der Waals surface area contributed by atoms with Crippen LogP contribution in [0, 0.1) is 5.82 Å². The standard InChI is InChI=1S/C22H27FN4O2/c1-14(16-9-3-4-10-18(16)23)27-12-6-11-19(22(27)29)25-21(28)20-17(13-24-26(20)2)15-7-5-8-15/h3-4,9-10,13-15,19H,5-8,11-12H2,1-2H3,(H,25,28). The van der Waals surface area contributed by atoms with Gasteiger partial charge in [0.25, 0.3) is 5.91 Å². The molecule has 2 aromatic rings. The highest BCUT2D eigenvalue weighted by Gasteiger charge is 2.35. The molecule has 1 aromatic heterocycles. The summed E-state index contributed by atoms with van der Waals surface area (Å²) < 4.78 is 15.8. The van der Waals surface area contributed by atoms with Gasteiger partial charge in [-0.3, -0.25) is 14.3 Å². The van der Waals surface area contributed by atoms with Gasteiger partial charge in [0, 0.05) is 24.7 Å². The van der Waals surface area contributed by atoms with Gasteiger partial charge in [-0.25, -0.2) is 4.39 Å². The SMILES string of the molecule is CC(c1ccccc1F)N1CCCC(NC(=O)c2c(C3CCC3)cnn2C)C1=O. The maximum absolute atomic E-state index is 14.2. The van der Waals surface area contributed by atoms with Crippen LogP contribution in [0.2, 0.25) is 0 Å². The topological polar surface area (TPSA) is 67.2 Å². The van der Waals surface area contributed by atoms with Crippen LogP contribution < -0.4 is 5.32 Å². The second kappa shape index (κ2) is 7.97. The molecule has 1 N–H and O–H groups in total. The first-order valence-corrected chi connectivity index (χ1v) is 10.3. The van der Waals surface area contributed by atoms with Crippen molar-refractivity contribution < 1.29 is 14.0 Å². The number of piperidine rings is 1. The first kappa shape index (κ1) is 19.6. The minimum absolute atomic E-state index is 0.160. The van der Waals surface area contributed by atoms with Crippen molar-refractivity contribution in [3.8, 4) is 0 Å². The Bertz CT molecular complexity index is 921. The highest BCUT2D eigenvalue weighted by atomic mass is 19.1. The summed E-state index contributed by atoms with van der Waals surface area (Å²) in [6, 6.07) is 5.54. The molecule has 0 radical (unpaired) electrons. The number of carbonyl (C=O) groups is 2. The summed E-state index contributed by atoms with van der Waals surface area (Å²) in [6.45, 7) is 2.38. The molecule has 29 heavy (non-hydrogen) atoms. The van der Waals surface area contributed by atoms with Crippen molar-refractivity contribution in [3.05, 3.63) is 53.1 Å². The molecule has 0 spiro atoms. The number of amides is 2. The van der Waals surface area contributed by atoms with Gasteiger partial charge in [0.1, 0.15) is 17.6 Å². The van der Waals surface area contributed by atoms with Gasteiger partial charge in [-0.2, -0.15) is 5.10 Å². The average Bonchev–Trinajstić information content (AvgIpc) is 3.03. The smallest absolute Gasteiger partial charge is 0.270 e. The maximum atomic E-state index is 14.2. The van der Waals surface area contributed by atoms with E-state index in [4.69, 9.17) is 0 Å². The number of nitrogens with one attached hydrogen (secondary N) is 1. The van der Waals surface area contributed by atoms with Gasteiger partial charge in [0.15, 0.2) is 0 Å². The molecular formula is C22H27FN4O2. The lowest BCUT2D eigenvalue weighted by Crippen LogP contribution is -2.53. The highest BCUT2D eigenvalue weighted by Crippen LogP contribution is 2.38. The van der Waals surface area contributed by atoms with Crippen LogP contribution in [0.5, 0.6) is 0 Å². The Hall–Kier alpha value is -2.70. The summed E-state index contributed by atoms with van der Waals surface area (Å²) in [5.41, 5.74) is 2.00. The fourth-order valence-electron chi connectivity index (χ4n) is 4.38. The quantitative estimate of drug-likeness (QED) is 0.840. The van der Waals surface area contributed by atoms with E-state index < -0.39 is 6.04 Å². The number of hydrogen-bond donors (Lipinski definition) is 1. The lowest BCUT2D eigenvalue weighted by molar-refractivity contribution is -0.138. The van der Waals surface area contributed by atoms with Crippen molar-refractivity contribution in [2.45, 2.75) is 57.0 Å². The van der Waals surface area contributed by atoms with E-state index in [2.05, 4.69) is 10.4 Å². The van der Waals surface area contributed by atoms with E-state index >= 15 is 0 Å². The summed E-state index contributed by atoms with van der Waals surface area (Å²) in [5, 5.41) is 7.19. The van der Waals surface area contributed by atoms with E-state index in [1.54, 1.807) is 41.0 Å². The first-order chi connectivity index (χ1) is 14.0. The Morgan fingerprint density at radius 1 is 1.24 bits per heavy atom. The third-order valence-electron chi connectivity index (χ3n) is 6.33. The lowest BCUT2D eigenvalue weighted by Gasteiger charge is -2.37. The predicted molar refractivity (Wildman–Crippen MR) is 107 cm³/mol. The van der Waals surface area contributed by atoms with E-state index in [1.165, 1.54) is 12.5 Å². The monoisotopic (exact) mass is 398 g/mol. The van der Waals surface area contributed by atoms with Crippen LogP contribution in [-0.4, -0.2) is 39.1 Å². The van der Waals surface area contributed by atoms with Crippen LogP contribution in [0.1, 0.15) is 72.6 Å². The molecule has 1 aliphatic carbocycles. The van der Waals surface area contributed by atoms with Crippen LogP contribution >= 0.6 is 0 Å². The number of aryl methyl sites for hydroxylation is 1. The Labute approximate surface area is 170 Å². The van der Waals surface area contributed by atoms with E-state index in [9.17, 15) is 14.0 Å². The Morgan fingerprint density at radius 3 is 2.69 bits per heavy atom. The fourth-order valence-corrected chi connectivity index (χ4v) is 4.38. The third kappa shape index (κ3) is 3.66. The first-order valence-electron chi connectivity index (χ1n) is 10.3. The van der Waals surface area contributed by atoms with Crippen molar-refractivity contribution >= 4 is 11.8 Å². The van der Waals surface area contributed by atoms with Crippen molar-refractivity contribution in [3.63, 3.8) is 0 Å². The largest absolute Gasteiger partial charge is 0.339 e. The Balaban J connectivity index is 1.50. The molecule has 2 unspecified atom stereocenters. The zero-order chi connectivity index (χ0) is 20.5. The molecule has 2 atom stereocenters. The second-order valence-corrected chi connectivity index (χ2v) is 8.10. The average molecular weight is 398 g/mol. The summed E-state index contributed by atoms with van der Waals surface area (Å²) in [5.74, 6) is -0.360. The molecule has 6 nitrogen and oxygen atoms in total. The third-order valence-corrected chi connectivity index (χ3v) is 6.33. The van der Waals surface area contributed by atoms with Gasteiger partial charge in [-0.1, -0.05) is 24.6 Å². The molecule has 1 aliphatic heterocycles. The Kier molecular flexibility index (Phi) is 5.39. The maximum Gasteiger partial charge on any atom is 0.270 e. The van der Waals surface area contributed by atoms with Crippen LogP contribution in [0.3, 0.4) is 0 Å². The summed E-state index contributed by atoms with van der Waals surface area (Å²) in [6.07, 6.45) is 6.43. The molecule has 154 valence electrons. The van der Waals surface area contributed by atoms with Crippen molar-refractivity contribution in [2.75, 3.05) is 6.54 Å². The normalized spacial score (nSPS) is 21.0. The van der Waals surface area contributed by atoms with Crippen LogP contribution in [0.4, 0.5) is 4.39 Å². The number of nitrogens with zero attached hydrogens (tertiary/aromatic N) is 3. The summed E-state index contributed by atoms with van der Waals surface area (Å²) >= 11 is 0. The van der Waals surface area contributed by atoms with Crippen LogP contribution in [-0.2, 0) is 11.8 Å². The molecule has 7 heteroatoms. The van der Waals surface area contributed by atoms with E-state index in [1.807, 2.05) is 6.92 Å². The number of benzene rings is 1. The number of carbonyl (C=O) groups excluding carboxylic acids is 2. The lowest BCUT2D eigenvalue weighted by atomic mass is 9.80. The molecule has 0 bridgehead atoms. The summed E-state index contributed by atoms with van der Waals surface area (Å²) in [4.78, 5) is 27.8. The second-order valence-electron chi connectivity index (χ2n) is 8.10. The molecule has 2 amide bonds. The molecular weight excluding hydrogens is 371 g/mol. The summed E-state index contributed by atoms with van der Waals surface area (Å²) in [7, 11) is 1.76. The van der Waals surface area contributed by atoms with Crippen molar-refractivity contribution in [1.82, 2.24) is 20.0 Å². The number of halogens is 1.